The maximum absolute atomic E-state index is 4.58. The van der Waals surface area contributed by atoms with E-state index in [1.807, 2.05) is 18.3 Å². The summed E-state index contributed by atoms with van der Waals surface area (Å²) in [6.07, 6.45) is 12.7. The highest BCUT2D eigenvalue weighted by molar-refractivity contribution is 5.39. The second kappa shape index (κ2) is 6.61. The molecule has 1 aliphatic heterocycles. The Morgan fingerprint density at radius 3 is 2.83 bits per heavy atom. The average molecular weight is 322 g/mol. The Morgan fingerprint density at radius 2 is 2.00 bits per heavy atom. The summed E-state index contributed by atoms with van der Waals surface area (Å²) in [7, 11) is 0. The summed E-state index contributed by atoms with van der Waals surface area (Å²) in [5.74, 6) is 2.23. The van der Waals surface area contributed by atoms with Crippen molar-refractivity contribution in [2.24, 2.45) is 0 Å². The molecule has 4 heterocycles. The van der Waals surface area contributed by atoms with E-state index < -0.39 is 0 Å². The van der Waals surface area contributed by atoms with Gasteiger partial charge in [-0.05, 0) is 25.0 Å². The van der Waals surface area contributed by atoms with Gasteiger partial charge in [-0.3, -0.25) is 4.98 Å². The van der Waals surface area contributed by atoms with Crippen LogP contribution in [-0.4, -0.2) is 48.8 Å². The molecular weight excluding hydrogens is 304 g/mol. The van der Waals surface area contributed by atoms with Crippen LogP contribution >= 0.6 is 0 Å². The van der Waals surface area contributed by atoms with Gasteiger partial charge in [0.25, 0.3) is 0 Å². The summed E-state index contributed by atoms with van der Waals surface area (Å²) in [5, 5.41) is 7.66. The summed E-state index contributed by atoms with van der Waals surface area (Å²) in [4.78, 5) is 19.7. The molecule has 1 fully saturated rings. The van der Waals surface area contributed by atoms with Crippen LogP contribution in [0.3, 0.4) is 0 Å². The molecule has 0 bridgehead atoms. The molecule has 8 heteroatoms. The molecule has 1 atom stereocenters. The highest BCUT2D eigenvalue weighted by Gasteiger charge is 2.22. The Hall–Kier alpha value is -3.03. The predicted octanol–water partition coefficient (Wildman–Crippen LogP) is 1.53. The Balaban J connectivity index is 1.46. The van der Waals surface area contributed by atoms with Crippen LogP contribution in [-0.2, 0) is 0 Å². The van der Waals surface area contributed by atoms with Crippen molar-refractivity contribution < 1.29 is 0 Å². The van der Waals surface area contributed by atoms with E-state index in [1.165, 1.54) is 0 Å². The second-order valence-electron chi connectivity index (χ2n) is 5.69. The van der Waals surface area contributed by atoms with Crippen LogP contribution in [0.2, 0.25) is 0 Å². The molecular formula is C16H18N8. The standard InChI is InChI=1S/C16H18N8/c1-4-13(12-23(8-1)16-18-5-2-6-19-16)21-14-10-17-11-15(22-14)24-9-3-7-20-24/h2-3,5-7,9-11,13H,1,4,8,12H2,(H,21,22)/t13-/m1/s1. The van der Waals surface area contributed by atoms with E-state index in [0.29, 0.717) is 5.82 Å². The summed E-state index contributed by atoms with van der Waals surface area (Å²) in [6, 6.07) is 3.98. The molecule has 0 radical (unpaired) electrons. The van der Waals surface area contributed by atoms with Crippen LogP contribution in [0.15, 0.2) is 49.3 Å². The zero-order chi connectivity index (χ0) is 16.2. The number of rotatable bonds is 4. The van der Waals surface area contributed by atoms with Gasteiger partial charge in [0.15, 0.2) is 5.82 Å². The van der Waals surface area contributed by atoms with Crippen LogP contribution in [0.25, 0.3) is 5.82 Å². The quantitative estimate of drug-likeness (QED) is 0.779. The summed E-state index contributed by atoms with van der Waals surface area (Å²) in [6.45, 7) is 1.82. The van der Waals surface area contributed by atoms with Gasteiger partial charge in [0.2, 0.25) is 5.95 Å². The Bertz CT molecular complexity index is 774. The third kappa shape index (κ3) is 3.17. The third-order valence-corrected chi connectivity index (χ3v) is 3.97. The number of nitrogens with zero attached hydrogens (tertiary/aromatic N) is 7. The van der Waals surface area contributed by atoms with Crippen molar-refractivity contribution in [1.29, 1.82) is 0 Å². The normalized spacial score (nSPS) is 17.7. The van der Waals surface area contributed by atoms with E-state index in [-0.39, 0.29) is 6.04 Å². The first-order valence-corrected chi connectivity index (χ1v) is 7.99. The minimum atomic E-state index is 0.282. The van der Waals surface area contributed by atoms with Gasteiger partial charge in [-0.25, -0.2) is 19.6 Å². The molecule has 1 aliphatic rings. The fraction of sp³-hybridized carbons (Fsp3) is 0.312. The molecule has 24 heavy (non-hydrogen) atoms. The molecule has 0 saturated carbocycles. The fourth-order valence-corrected chi connectivity index (χ4v) is 2.88. The molecule has 3 aromatic heterocycles. The van der Waals surface area contributed by atoms with E-state index >= 15 is 0 Å². The zero-order valence-electron chi connectivity index (χ0n) is 13.2. The summed E-state index contributed by atoms with van der Waals surface area (Å²) in [5.41, 5.74) is 0. The Morgan fingerprint density at radius 1 is 1.08 bits per heavy atom. The molecule has 0 amide bonds. The van der Waals surface area contributed by atoms with Crippen LogP contribution in [0.5, 0.6) is 0 Å². The molecule has 1 N–H and O–H groups in total. The number of hydrogen-bond donors (Lipinski definition) is 1. The van der Waals surface area contributed by atoms with Gasteiger partial charge >= 0.3 is 0 Å². The maximum Gasteiger partial charge on any atom is 0.225 e. The van der Waals surface area contributed by atoms with Crippen LogP contribution in [0.4, 0.5) is 11.8 Å². The zero-order valence-corrected chi connectivity index (χ0v) is 13.2. The van der Waals surface area contributed by atoms with E-state index in [9.17, 15) is 0 Å². The largest absolute Gasteiger partial charge is 0.364 e. The van der Waals surface area contributed by atoms with Crippen molar-refractivity contribution in [2.75, 3.05) is 23.3 Å². The number of anilines is 2. The number of nitrogens with one attached hydrogen (secondary N) is 1. The van der Waals surface area contributed by atoms with Gasteiger partial charge in [-0.15, -0.1) is 0 Å². The topological polar surface area (TPSA) is 84.7 Å². The maximum atomic E-state index is 4.58. The van der Waals surface area contributed by atoms with Crippen LogP contribution < -0.4 is 10.2 Å². The molecule has 0 spiro atoms. The first-order chi connectivity index (χ1) is 11.9. The SMILES string of the molecule is c1cnc(N2CCC[C@@H](Nc3cncc(-n4cccn4)n3)C2)nc1. The molecule has 1 saturated heterocycles. The van der Waals surface area contributed by atoms with Crippen molar-refractivity contribution in [3.8, 4) is 5.82 Å². The van der Waals surface area contributed by atoms with Gasteiger partial charge in [-0.1, -0.05) is 0 Å². The second-order valence-corrected chi connectivity index (χ2v) is 5.69. The van der Waals surface area contributed by atoms with Crippen LogP contribution in [0.1, 0.15) is 12.8 Å². The third-order valence-electron chi connectivity index (χ3n) is 3.97. The van der Waals surface area contributed by atoms with E-state index in [1.54, 1.807) is 35.7 Å². The van der Waals surface area contributed by atoms with Crippen molar-refractivity contribution in [3.63, 3.8) is 0 Å². The fourth-order valence-electron chi connectivity index (χ4n) is 2.88. The summed E-state index contributed by atoms with van der Waals surface area (Å²) >= 11 is 0. The Labute approximate surface area is 139 Å². The van der Waals surface area contributed by atoms with E-state index in [4.69, 9.17) is 0 Å². The van der Waals surface area contributed by atoms with Gasteiger partial charge in [0, 0.05) is 43.9 Å². The molecule has 0 unspecified atom stereocenters. The lowest BCUT2D eigenvalue weighted by atomic mass is 10.1. The number of hydrogen-bond acceptors (Lipinski definition) is 7. The van der Waals surface area contributed by atoms with Gasteiger partial charge in [0.1, 0.15) is 5.82 Å². The lowest BCUT2D eigenvalue weighted by Gasteiger charge is -2.33. The minimum absolute atomic E-state index is 0.282. The van der Waals surface area contributed by atoms with Crippen molar-refractivity contribution in [3.05, 3.63) is 49.3 Å². The molecule has 8 nitrogen and oxygen atoms in total. The van der Waals surface area contributed by atoms with Gasteiger partial charge in [-0.2, -0.15) is 5.10 Å². The Kier molecular flexibility index (Phi) is 4.01. The minimum Gasteiger partial charge on any atom is -0.364 e. The molecule has 0 aromatic carbocycles. The number of aromatic nitrogens is 6. The average Bonchev–Trinajstić information content (AvgIpc) is 3.18. The van der Waals surface area contributed by atoms with Crippen LogP contribution in [0, 0.1) is 0 Å². The highest BCUT2D eigenvalue weighted by atomic mass is 15.3. The first-order valence-electron chi connectivity index (χ1n) is 7.99. The summed E-state index contributed by atoms with van der Waals surface area (Å²) < 4.78 is 1.70. The number of piperidine rings is 1. The van der Waals surface area contributed by atoms with Crippen molar-refractivity contribution >= 4 is 11.8 Å². The lowest BCUT2D eigenvalue weighted by Crippen LogP contribution is -2.43. The predicted molar refractivity (Wildman–Crippen MR) is 90.0 cm³/mol. The van der Waals surface area contributed by atoms with Gasteiger partial charge < -0.3 is 10.2 Å². The molecule has 122 valence electrons. The monoisotopic (exact) mass is 322 g/mol. The van der Waals surface area contributed by atoms with Crippen molar-refractivity contribution in [1.82, 2.24) is 29.7 Å². The van der Waals surface area contributed by atoms with E-state index in [0.717, 1.165) is 37.7 Å². The highest BCUT2D eigenvalue weighted by Crippen LogP contribution is 2.18. The molecule has 0 aliphatic carbocycles. The smallest absolute Gasteiger partial charge is 0.225 e. The van der Waals surface area contributed by atoms with E-state index in [2.05, 4.69) is 35.3 Å². The van der Waals surface area contributed by atoms with Gasteiger partial charge in [0.05, 0.1) is 12.4 Å². The molecule has 3 aromatic rings. The molecule has 4 rings (SSSR count). The van der Waals surface area contributed by atoms with Crippen molar-refractivity contribution in [2.45, 2.75) is 18.9 Å². The first kappa shape index (κ1) is 14.6. The lowest BCUT2D eigenvalue weighted by molar-refractivity contribution is 0.521.